The fourth-order valence-electron chi connectivity index (χ4n) is 1.42. The molecule has 2 aromatic rings. The van der Waals surface area contributed by atoms with E-state index in [1.165, 1.54) is 30.5 Å². The fraction of sp³-hybridized carbons (Fsp3) is 0. The molecule has 1 heterocycles. The summed E-state index contributed by atoms with van der Waals surface area (Å²) < 4.78 is 13.7. The summed E-state index contributed by atoms with van der Waals surface area (Å²) in [7, 11) is 0. The highest BCUT2D eigenvalue weighted by Crippen LogP contribution is 2.24. The van der Waals surface area contributed by atoms with Gasteiger partial charge >= 0.3 is 0 Å². The Hall–Kier alpha value is -1.66. The van der Waals surface area contributed by atoms with Crippen LogP contribution < -0.4 is 11.1 Å². The van der Waals surface area contributed by atoms with E-state index in [0.29, 0.717) is 10.2 Å². The van der Waals surface area contributed by atoms with Gasteiger partial charge in [-0.05, 0) is 40.2 Å². The minimum Gasteiger partial charge on any atom is -0.397 e. The van der Waals surface area contributed by atoms with E-state index >= 15 is 0 Å². The Morgan fingerprint density at radius 2 is 2.16 bits per heavy atom. The van der Waals surface area contributed by atoms with Gasteiger partial charge in [0.05, 0.1) is 23.1 Å². The third kappa shape index (κ3) is 3.21. The molecule has 0 spiro atoms. The molecular weight excluding hydrogens is 337 g/mol. The smallest absolute Gasteiger partial charge is 0.257 e. The van der Waals surface area contributed by atoms with Crippen molar-refractivity contribution in [3.05, 3.63) is 51.5 Å². The predicted octanol–water partition coefficient (Wildman–Crippen LogP) is 3.47. The Morgan fingerprint density at radius 1 is 1.42 bits per heavy atom. The molecule has 0 saturated heterocycles. The molecule has 3 N–H and O–H groups in total. The quantitative estimate of drug-likeness (QED) is 0.820. The van der Waals surface area contributed by atoms with E-state index in [2.05, 4.69) is 26.2 Å². The summed E-state index contributed by atoms with van der Waals surface area (Å²) in [4.78, 5) is 15.8. The van der Waals surface area contributed by atoms with E-state index in [9.17, 15) is 9.18 Å². The van der Waals surface area contributed by atoms with Gasteiger partial charge in [0, 0.05) is 4.47 Å². The van der Waals surface area contributed by atoms with E-state index in [4.69, 9.17) is 17.3 Å². The molecule has 0 aliphatic carbocycles. The van der Waals surface area contributed by atoms with E-state index in [1.54, 1.807) is 0 Å². The Labute approximate surface area is 121 Å². The van der Waals surface area contributed by atoms with Crippen LogP contribution in [0.5, 0.6) is 0 Å². The fourth-order valence-corrected chi connectivity index (χ4v) is 1.92. The lowest BCUT2D eigenvalue weighted by Crippen LogP contribution is -2.14. The molecule has 98 valence electrons. The number of pyridine rings is 1. The van der Waals surface area contributed by atoms with Gasteiger partial charge in [0.2, 0.25) is 0 Å². The number of halogens is 3. The highest BCUT2D eigenvalue weighted by molar-refractivity contribution is 9.10. The standard InChI is InChI=1S/C12H8BrClFN3O/c13-8-2-1-6(15)3-10(8)18-12(19)7-4-11(14)17-5-9(7)16/h1-5H,16H2,(H,18,19). The van der Waals surface area contributed by atoms with Crippen LogP contribution >= 0.6 is 27.5 Å². The second-order valence-corrected chi connectivity index (χ2v) is 4.91. The third-order valence-corrected chi connectivity index (χ3v) is 3.22. The summed E-state index contributed by atoms with van der Waals surface area (Å²) in [5.74, 6) is -0.952. The third-order valence-electron chi connectivity index (χ3n) is 2.32. The number of aromatic nitrogens is 1. The molecule has 1 amide bonds. The number of nitrogens with two attached hydrogens (primary N) is 1. The van der Waals surface area contributed by atoms with Crippen LogP contribution in [0, 0.1) is 5.82 Å². The minimum atomic E-state index is -0.492. The Morgan fingerprint density at radius 3 is 2.89 bits per heavy atom. The molecule has 0 saturated carbocycles. The summed E-state index contributed by atoms with van der Waals surface area (Å²) in [6, 6.07) is 5.31. The average molecular weight is 345 g/mol. The molecular formula is C12H8BrClFN3O. The van der Waals surface area contributed by atoms with Gasteiger partial charge in [-0.3, -0.25) is 4.79 Å². The van der Waals surface area contributed by atoms with Crippen molar-refractivity contribution in [2.75, 3.05) is 11.1 Å². The van der Waals surface area contributed by atoms with Crippen molar-refractivity contribution >= 4 is 44.8 Å². The second-order valence-electron chi connectivity index (χ2n) is 3.67. The molecule has 0 unspecified atom stereocenters. The van der Waals surface area contributed by atoms with Gasteiger partial charge in [-0.2, -0.15) is 0 Å². The summed E-state index contributed by atoms with van der Waals surface area (Å²) in [6.45, 7) is 0. The van der Waals surface area contributed by atoms with Gasteiger partial charge in [-0.25, -0.2) is 9.37 Å². The van der Waals surface area contributed by atoms with Crippen LogP contribution in [0.1, 0.15) is 10.4 Å². The largest absolute Gasteiger partial charge is 0.397 e. The number of hydrogen-bond donors (Lipinski definition) is 2. The lowest BCUT2D eigenvalue weighted by Gasteiger charge is -2.09. The molecule has 19 heavy (non-hydrogen) atoms. The first-order valence-electron chi connectivity index (χ1n) is 5.15. The molecule has 0 atom stereocenters. The van der Waals surface area contributed by atoms with Gasteiger partial charge in [-0.15, -0.1) is 0 Å². The minimum absolute atomic E-state index is 0.151. The molecule has 1 aromatic heterocycles. The number of amides is 1. The number of carbonyl (C=O) groups is 1. The van der Waals surface area contributed by atoms with Gasteiger partial charge in [-0.1, -0.05) is 11.6 Å². The topological polar surface area (TPSA) is 68.0 Å². The van der Waals surface area contributed by atoms with Crippen molar-refractivity contribution < 1.29 is 9.18 Å². The van der Waals surface area contributed by atoms with Crippen LogP contribution in [0.2, 0.25) is 5.15 Å². The lowest BCUT2D eigenvalue weighted by molar-refractivity contribution is 0.102. The van der Waals surface area contributed by atoms with E-state index < -0.39 is 11.7 Å². The van der Waals surface area contributed by atoms with Crippen molar-refractivity contribution in [1.29, 1.82) is 0 Å². The molecule has 2 rings (SSSR count). The van der Waals surface area contributed by atoms with Crippen LogP contribution in [0.25, 0.3) is 0 Å². The number of nitrogen functional groups attached to an aromatic ring is 1. The van der Waals surface area contributed by atoms with Gasteiger partial charge in [0.1, 0.15) is 11.0 Å². The normalized spacial score (nSPS) is 10.3. The summed E-state index contributed by atoms with van der Waals surface area (Å²) in [5, 5.41) is 2.69. The van der Waals surface area contributed by atoms with Crippen molar-refractivity contribution in [3.63, 3.8) is 0 Å². The zero-order valence-corrected chi connectivity index (χ0v) is 11.8. The van der Waals surface area contributed by atoms with Crippen LogP contribution in [0.15, 0.2) is 34.9 Å². The van der Waals surface area contributed by atoms with Crippen molar-refractivity contribution in [1.82, 2.24) is 4.98 Å². The van der Waals surface area contributed by atoms with Crippen LogP contribution in [-0.2, 0) is 0 Å². The van der Waals surface area contributed by atoms with Crippen molar-refractivity contribution in [3.8, 4) is 0 Å². The van der Waals surface area contributed by atoms with Crippen molar-refractivity contribution in [2.45, 2.75) is 0 Å². The maximum Gasteiger partial charge on any atom is 0.257 e. The Balaban J connectivity index is 2.30. The van der Waals surface area contributed by atoms with Crippen LogP contribution in [0.3, 0.4) is 0 Å². The molecule has 4 nitrogen and oxygen atoms in total. The first kappa shape index (κ1) is 13.8. The highest BCUT2D eigenvalue weighted by atomic mass is 79.9. The number of anilines is 2. The lowest BCUT2D eigenvalue weighted by atomic mass is 10.2. The number of nitrogens with one attached hydrogen (secondary N) is 1. The first-order valence-corrected chi connectivity index (χ1v) is 6.32. The predicted molar refractivity (Wildman–Crippen MR) is 75.7 cm³/mol. The number of rotatable bonds is 2. The molecule has 0 bridgehead atoms. The van der Waals surface area contributed by atoms with Crippen molar-refractivity contribution in [2.24, 2.45) is 0 Å². The van der Waals surface area contributed by atoms with Gasteiger partial charge in [0.15, 0.2) is 0 Å². The SMILES string of the molecule is Nc1cnc(Cl)cc1C(=O)Nc1cc(F)ccc1Br. The van der Waals surface area contributed by atoms with Crippen LogP contribution in [-0.4, -0.2) is 10.9 Å². The molecule has 0 aliphatic rings. The monoisotopic (exact) mass is 343 g/mol. The van der Waals surface area contributed by atoms with Gasteiger partial charge in [0.25, 0.3) is 5.91 Å². The van der Waals surface area contributed by atoms with E-state index in [-0.39, 0.29) is 16.4 Å². The summed E-state index contributed by atoms with van der Waals surface area (Å²) in [6.07, 6.45) is 1.29. The Bertz CT molecular complexity index is 651. The average Bonchev–Trinajstić information content (AvgIpc) is 2.36. The zero-order chi connectivity index (χ0) is 14.0. The maximum absolute atomic E-state index is 13.1. The van der Waals surface area contributed by atoms with E-state index in [1.807, 2.05) is 0 Å². The molecule has 0 aliphatic heterocycles. The molecule has 0 fully saturated rings. The van der Waals surface area contributed by atoms with E-state index in [0.717, 1.165) is 0 Å². The maximum atomic E-state index is 13.1. The second kappa shape index (κ2) is 5.54. The van der Waals surface area contributed by atoms with Crippen LogP contribution in [0.4, 0.5) is 15.8 Å². The van der Waals surface area contributed by atoms with Gasteiger partial charge < -0.3 is 11.1 Å². The number of benzene rings is 1. The summed E-state index contributed by atoms with van der Waals surface area (Å²) in [5.41, 5.74) is 6.31. The molecule has 0 radical (unpaired) electrons. The number of nitrogens with zero attached hydrogens (tertiary/aromatic N) is 1. The molecule has 7 heteroatoms. The summed E-state index contributed by atoms with van der Waals surface area (Å²) >= 11 is 8.92. The first-order chi connectivity index (χ1) is 8.97. The molecule has 1 aromatic carbocycles. The zero-order valence-electron chi connectivity index (χ0n) is 9.45. The highest BCUT2D eigenvalue weighted by Gasteiger charge is 2.13. The number of hydrogen-bond acceptors (Lipinski definition) is 3. The number of carbonyl (C=O) groups excluding carboxylic acids is 1. The Kier molecular flexibility index (Phi) is 4.01.